The van der Waals surface area contributed by atoms with E-state index >= 15 is 0 Å². The van der Waals surface area contributed by atoms with Crippen molar-refractivity contribution < 1.29 is 4.84 Å². The quantitative estimate of drug-likeness (QED) is 0.648. The van der Waals surface area contributed by atoms with Gasteiger partial charge in [0.2, 0.25) is 0 Å². The van der Waals surface area contributed by atoms with Gasteiger partial charge in [-0.1, -0.05) is 24.4 Å². The van der Waals surface area contributed by atoms with Crippen LogP contribution in [0.25, 0.3) is 0 Å². The average Bonchev–Trinajstić information content (AvgIpc) is 2.54. The second-order valence-electron chi connectivity index (χ2n) is 3.70. The molecule has 1 unspecified atom stereocenters. The Morgan fingerprint density at radius 3 is 2.67 bits per heavy atom. The third kappa shape index (κ3) is 1.54. The Hall–Kier alpha value is -0.730. The number of nitrogens with one attached hydrogen (secondary N) is 1. The number of hydrogen-bond donors (Lipinski definition) is 1. The molecule has 0 aromatic heterocycles. The molecule has 1 aliphatic carbocycles. The van der Waals surface area contributed by atoms with Gasteiger partial charge in [0, 0.05) is 5.92 Å². The Kier molecular flexibility index (Phi) is 2.19. The molecule has 1 atom stereocenters. The van der Waals surface area contributed by atoms with Gasteiger partial charge in [0.15, 0.2) is 6.23 Å². The lowest BCUT2D eigenvalue weighted by molar-refractivity contribution is 0.0874. The highest BCUT2D eigenvalue weighted by molar-refractivity contribution is 5.85. The molecule has 0 aromatic rings. The van der Waals surface area contributed by atoms with Crippen LogP contribution in [0.3, 0.4) is 0 Å². The van der Waals surface area contributed by atoms with Crippen molar-refractivity contribution in [2.45, 2.75) is 45.3 Å². The molecule has 0 amide bonds. The number of amidine groups is 1. The third-order valence-corrected chi connectivity index (χ3v) is 2.65. The summed E-state index contributed by atoms with van der Waals surface area (Å²) in [5.74, 6) is 1.73. The first kappa shape index (κ1) is 7.90. The molecule has 0 aromatic carbocycles. The van der Waals surface area contributed by atoms with Crippen LogP contribution >= 0.6 is 0 Å². The molecule has 1 heterocycles. The van der Waals surface area contributed by atoms with Crippen molar-refractivity contribution in [2.24, 2.45) is 11.1 Å². The van der Waals surface area contributed by atoms with Crippen molar-refractivity contribution >= 4 is 5.84 Å². The van der Waals surface area contributed by atoms with Gasteiger partial charge < -0.3 is 10.2 Å². The van der Waals surface area contributed by atoms with Crippen LogP contribution in [0.1, 0.15) is 39.0 Å². The second kappa shape index (κ2) is 3.33. The Bertz CT molecular complexity index is 185. The number of oxime groups is 1. The van der Waals surface area contributed by atoms with Crippen LogP contribution in [0, 0.1) is 5.92 Å². The van der Waals surface area contributed by atoms with Crippen LogP contribution in [-0.4, -0.2) is 12.1 Å². The lowest BCUT2D eigenvalue weighted by Crippen LogP contribution is -2.32. The summed E-state index contributed by atoms with van der Waals surface area (Å²) >= 11 is 0. The van der Waals surface area contributed by atoms with E-state index in [1.165, 1.54) is 32.1 Å². The van der Waals surface area contributed by atoms with E-state index in [2.05, 4.69) is 10.5 Å². The Morgan fingerprint density at radius 1 is 1.33 bits per heavy atom. The maximum absolute atomic E-state index is 5.10. The molecule has 0 bridgehead atoms. The van der Waals surface area contributed by atoms with E-state index < -0.39 is 0 Å². The van der Waals surface area contributed by atoms with E-state index in [1.54, 1.807) is 0 Å². The van der Waals surface area contributed by atoms with Crippen molar-refractivity contribution in [1.82, 2.24) is 5.32 Å². The largest absolute Gasteiger partial charge is 0.369 e. The van der Waals surface area contributed by atoms with E-state index in [-0.39, 0.29) is 6.23 Å². The van der Waals surface area contributed by atoms with Gasteiger partial charge in [0.05, 0.1) is 0 Å². The highest BCUT2D eigenvalue weighted by Gasteiger charge is 2.24. The first-order chi connectivity index (χ1) is 5.86. The predicted octanol–water partition coefficient (Wildman–Crippen LogP) is 1.85. The van der Waals surface area contributed by atoms with Gasteiger partial charge in [-0.05, 0) is 19.8 Å². The Balaban J connectivity index is 1.91. The van der Waals surface area contributed by atoms with E-state index in [1.807, 2.05) is 6.92 Å². The Morgan fingerprint density at radius 2 is 2.08 bits per heavy atom. The highest BCUT2D eigenvalue weighted by Crippen LogP contribution is 2.25. The zero-order valence-electron chi connectivity index (χ0n) is 7.55. The molecule has 1 aliphatic heterocycles. The molecule has 0 spiro atoms. The van der Waals surface area contributed by atoms with Crippen molar-refractivity contribution in [3.63, 3.8) is 0 Å². The summed E-state index contributed by atoms with van der Waals surface area (Å²) in [6.07, 6.45) is 6.73. The second-order valence-corrected chi connectivity index (χ2v) is 3.70. The monoisotopic (exact) mass is 168 g/mol. The summed E-state index contributed by atoms with van der Waals surface area (Å²) in [5, 5.41) is 7.30. The molecule has 0 saturated heterocycles. The smallest absolute Gasteiger partial charge is 0.195 e. The van der Waals surface area contributed by atoms with Crippen LogP contribution in [0.15, 0.2) is 5.16 Å². The van der Waals surface area contributed by atoms with E-state index in [0.717, 1.165) is 5.84 Å². The van der Waals surface area contributed by atoms with Crippen LogP contribution in [0.2, 0.25) is 0 Å². The fourth-order valence-electron chi connectivity index (χ4n) is 1.97. The third-order valence-electron chi connectivity index (χ3n) is 2.65. The molecule has 1 fully saturated rings. The molecule has 0 radical (unpaired) electrons. The summed E-state index contributed by atoms with van der Waals surface area (Å²) in [6, 6.07) is 0. The normalized spacial score (nSPS) is 30.8. The maximum atomic E-state index is 5.10. The number of hydrogen-bond acceptors (Lipinski definition) is 3. The van der Waals surface area contributed by atoms with Crippen molar-refractivity contribution in [2.75, 3.05) is 0 Å². The van der Waals surface area contributed by atoms with Gasteiger partial charge >= 0.3 is 0 Å². The van der Waals surface area contributed by atoms with Gasteiger partial charge in [-0.25, -0.2) is 0 Å². The molecule has 12 heavy (non-hydrogen) atoms. The zero-order chi connectivity index (χ0) is 8.39. The molecule has 2 rings (SSSR count). The fourth-order valence-corrected chi connectivity index (χ4v) is 1.97. The van der Waals surface area contributed by atoms with Crippen molar-refractivity contribution in [3.05, 3.63) is 0 Å². The SMILES string of the molecule is CC1NC(C2CCCCC2)=NO1. The van der Waals surface area contributed by atoms with Crippen LogP contribution in [0.5, 0.6) is 0 Å². The summed E-state index contributed by atoms with van der Waals surface area (Å²) in [5.41, 5.74) is 0. The van der Waals surface area contributed by atoms with Crippen molar-refractivity contribution in [1.29, 1.82) is 0 Å². The van der Waals surface area contributed by atoms with E-state index in [9.17, 15) is 0 Å². The Labute approximate surface area is 73.2 Å². The molecule has 3 nitrogen and oxygen atoms in total. The predicted molar refractivity (Wildman–Crippen MR) is 47.7 cm³/mol. The zero-order valence-corrected chi connectivity index (χ0v) is 7.55. The molecule has 3 heteroatoms. The van der Waals surface area contributed by atoms with Crippen molar-refractivity contribution in [3.8, 4) is 0 Å². The minimum Gasteiger partial charge on any atom is -0.369 e. The standard InChI is InChI=1S/C9H16N2O/c1-7-10-9(11-12-7)8-5-3-2-4-6-8/h7-8H,2-6H2,1H3,(H,10,11). The topological polar surface area (TPSA) is 33.6 Å². The molecule has 1 N–H and O–H groups in total. The van der Waals surface area contributed by atoms with Crippen LogP contribution in [-0.2, 0) is 4.84 Å². The summed E-state index contributed by atoms with van der Waals surface area (Å²) in [7, 11) is 0. The van der Waals surface area contributed by atoms with E-state index in [4.69, 9.17) is 4.84 Å². The first-order valence-electron chi connectivity index (χ1n) is 4.86. The summed E-state index contributed by atoms with van der Waals surface area (Å²) < 4.78 is 0. The molecular formula is C9H16N2O. The molecule has 1 saturated carbocycles. The summed E-state index contributed by atoms with van der Waals surface area (Å²) in [4.78, 5) is 5.10. The molecule has 2 aliphatic rings. The van der Waals surface area contributed by atoms with Gasteiger partial charge in [0.1, 0.15) is 5.84 Å². The fraction of sp³-hybridized carbons (Fsp3) is 0.889. The minimum atomic E-state index is 0.0851. The lowest BCUT2D eigenvalue weighted by Gasteiger charge is -2.20. The summed E-state index contributed by atoms with van der Waals surface area (Å²) in [6.45, 7) is 1.99. The van der Waals surface area contributed by atoms with Gasteiger partial charge in [0.25, 0.3) is 0 Å². The molecular weight excluding hydrogens is 152 g/mol. The van der Waals surface area contributed by atoms with Gasteiger partial charge in [-0.15, -0.1) is 0 Å². The highest BCUT2D eigenvalue weighted by atomic mass is 16.7. The van der Waals surface area contributed by atoms with Crippen LogP contribution < -0.4 is 5.32 Å². The molecule has 68 valence electrons. The minimum absolute atomic E-state index is 0.0851. The first-order valence-corrected chi connectivity index (χ1v) is 4.86. The lowest BCUT2D eigenvalue weighted by atomic mass is 9.88. The van der Waals surface area contributed by atoms with Crippen LogP contribution in [0.4, 0.5) is 0 Å². The maximum Gasteiger partial charge on any atom is 0.195 e. The average molecular weight is 168 g/mol. The van der Waals surface area contributed by atoms with Gasteiger partial charge in [-0.3, -0.25) is 0 Å². The van der Waals surface area contributed by atoms with Gasteiger partial charge in [-0.2, -0.15) is 0 Å². The van der Waals surface area contributed by atoms with E-state index in [0.29, 0.717) is 5.92 Å². The number of nitrogens with zero attached hydrogens (tertiary/aromatic N) is 1. The number of rotatable bonds is 1.